The topological polar surface area (TPSA) is 101 Å². The lowest BCUT2D eigenvalue weighted by Crippen LogP contribution is -2.40. The number of amides is 2. The zero-order valence-corrected chi connectivity index (χ0v) is 12.8. The number of nitrogen functional groups attached to an aromatic ring is 1. The van der Waals surface area contributed by atoms with E-state index in [4.69, 9.17) is 5.73 Å². The molecule has 0 saturated carbocycles. The molecule has 0 heterocycles. The second-order valence-electron chi connectivity index (χ2n) is 4.64. The Labute approximate surface area is 119 Å². The van der Waals surface area contributed by atoms with Crippen molar-refractivity contribution < 1.29 is 13.2 Å². The van der Waals surface area contributed by atoms with Crippen molar-refractivity contribution in [2.45, 2.75) is 38.5 Å². The van der Waals surface area contributed by atoms with Crippen LogP contribution in [0.3, 0.4) is 0 Å². The van der Waals surface area contributed by atoms with Gasteiger partial charge in [-0.05, 0) is 37.5 Å². The Hall–Kier alpha value is -1.76. The summed E-state index contributed by atoms with van der Waals surface area (Å²) in [6, 6.07) is 2.54. The maximum Gasteiger partial charge on any atom is 0.328 e. The molecule has 0 aromatic heterocycles. The van der Waals surface area contributed by atoms with Gasteiger partial charge in [0.15, 0.2) is 0 Å². The molecule has 0 radical (unpaired) electrons. The van der Waals surface area contributed by atoms with Crippen LogP contribution in [-0.2, 0) is 10.0 Å². The van der Waals surface area contributed by atoms with Crippen LogP contribution in [0.1, 0.15) is 30.9 Å². The molecule has 0 aliphatic rings. The molecule has 0 bridgehead atoms. The van der Waals surface area contributed by atoms with Gasteiger partial charge in [0, 0.05) is 12.2 Å². The highest BCUT2D eigenvalue weighted by atomic mass is 32.2. The number of carbonyl (C=O) groups is 1. The van der Waals surface area contributed by atoms with Gasteiger partial charge < -0.3 is 11.1 Å². The number of benzene rings is 1. The molecule has 7 heteroatoms. The Morgan fingerprint density at radius 1 is 1.30 bits per heavy atom. The van der Waals surface area contributed by atoms with Crippen molar-refractivity contribution in [3.63, 3.8) is 0 Å². The number of anilines is 1. The van der Waals surface area contributed by atoms with Gasteiger partial charge in [-0.3, -0.25) is 0 Å². The lowest BCUT2D eigenvalue weighted by Gasteiger charge is -2.14. The molecule has 2 amide bonds. The van der Waals surface area contributed by atoms with E-state index in [-0.39, 0.29) is 4.90 Å². The Bertz CT molecular complexity index is 597. The SMILES string of the molecule is CCCCNC(=O)NS(=O)(=O)c1c(C)ccc(N)c1C. The van der Waals surface area contributed by atoms with Crippen molar-refractivity contribution in [3.05, 3.63) is 23.3 Å². The summed E-state index contributed by atoms with van der Waals surface area (Å²) in [6.07, 6.45) is 1.71. The second-order valence-corrected chi connectivity index (χ2v) is 6.26. The number of nitrogens with two attached hydrogens (primary N) is 1. The number of carbonyl (C=O) groups excluding carboxylic acids is 1. The van der Waals surface area contributed by atoms with Crippen molar-refractivity contribution in [1.82, 2.24) is 10.0 Å². The number of urea groups is 1. The number of aryl methyl sites for hydroxylation is 1. The van der Waals surface area contributed by atoms with E-state index in [0.717, 1.165) is 12.8 Å². The molecule has 20 heavy (non-hydrogen) atoms. The monoisotopic (exact) mass is 299 g/mol. The highest BCUT2D eigenvalue weighted by molar-refractivity contribution is 7.90. The van der Waals surface area contributed by atoms with E-state index in [9.17, 15) is 13.2 Å². The van der Waals surface area contributed by atoms with Gasteiger partial charge in [-0.15, -0.1) is 0 Å². The van der Waals surface area contributed by atoms with Gasteiger partial charge in [0.05, 0.1) is 4.90 Å². The Morgan fingerprint density at radius 2 is 1.95 bits per heavy atom. The van der Waals surface area contributed by atoms with Crippen LogP contribution in [0, 0.1) is 13.8 Å². The summed E-state index contributed by atoms with van der Waals surface area (Å²) >= 11 is 0. The van der Waals surface area contributed by atoms with Crippen molar-refractivity contribution in [1.29, 1.82) is 0 Å². The van der Waals surface area contributed by atoms with E-state index in [1.165, 1.54) is 0 Å². The summed E-state index contributed by atoms with van der Waals surface area (Å²) < 4.78 is 26.5. The molecule has 4 N–H and O–H groups in total. The molecule has 0 unspecified atom stereocenters. The molecule has 0 saturated heterocycles. The zero-order valence-electron chi connectivity index (χ0n) is 12.0. The fraction of sp³-hybridized carbons (Fsp3) is 0.462. The molecule has 0 atom stereocenters. The van der Waals surface area contributed by atoms with Gasteiger partial charge in [-0.25, -0.2) is 17.9 Å². The predicted molar refractivity (Wildman–Crippen MR) is 79.0 cm³/mol. The lowest BCUT2D eigenvalue weighted by atomic mass is 10.1. The minimum absolute atomic E-state index is 0.0585. The molecule has 0 aliphatic heterocycles. The highest BCUT2D eigenvalue weighted by Gasteiger charge is 2.22. The van der Waals surface area contributed by atoms with Crippen LogP contribution in [0.4, 0.5) is 10.5 Å². The maximum absolute atomic E-state index is 12.2. The zero-order chi connectivity index (χ0) is 15.3. The Morgan fingerprint density at radius 3 is 2.55 bits per heavy atom. The largest absolute Gasteiger partial charge is 0.398 e. The summed E-state index contributed by atoms with van der Waals surface area (Å²) in [6.45, 7) is 5.70. The summed E-state index contributed by atoms with van der Waals surface area (Å²) in [5.41, 5.74) is 7.09. The van der Waals surface area contributed by atoms with Gasteiger partial charge in [0.2, 0.25) is 0 Å². The van der Waals surface area contributed by atoms with E-state index < -0.39 is 16.1 Å². The van der Waals surface area contributed by atoms with Crippen molar-refractivity contribution in [2.24, 2.45) is 0 Å². The van der Waals surface area contributed by atoms with E-state index in [1.54, 1.807) is 26.0 Å². The van der Waals surface area contributed by atoms with E-state index in [0.29, 0.717) is 23.4 Å². The average Bonchev–Trinajstić information content (AvgIpc) is 2.33. The summed E-state index contributed by atoms with van der Waals surface area (Å²) in [7, 11) is -3.92. The minimum Gasteiger partial charge on any atom is -0.398 e. The fourth-order valence-corrected chi connectivity index (χ4v) is 3.27. The van der Waals surface area contributed by atoms with Gasteiger partial charge in [0.1, 0.15) is 0 Å². The lowest BCUT2D eigenvalue weighted by molar-refractivity contribution is 0.245. The number of unbranched alkanes of at least 4 members (excludes halogenated alkanes) is 1. The summed E-state index contributed by atoms with van der Waals surface area (Å²) in [5.74, 6) is 0. The molecule has 112 valence electrons. The first-order chi connectivity index (χ1) is 9.29. The van der Waals surface area contributed by atoms with Gasteiger partial charge in [-0.1, -0.05) is 19.4 Å². The normalized spacial score (nSPS) is 11.2. The smallest absolute Gasteiger partial charge is 0.328 e. The first-order valence-electron chi connectivity index (χ1n) is 6.46. The third kappa shape index (κ3) is 3.86. The van der Waals surface area contributed by atoms with E-state index >= 15 is 0 Å². The van der Waals surface area contributed by atoms with Crippen LogP contribution in [0.2, 0.25) is 0 Å². The highest BCUT2D eigenvalue weighted by Crippen LogP contribution is 2.24. The van der Waals surface area contributed by atoms with Crippen LogP contribution in [0.15, 0.2) is 17.0 Å². The van der Waals surface area contributed by atoms with Gasteiger partial charge in [-0.2, -0.15) is 0 Å². The van der Waals surface area contributed by atoms with Crippen LogP contribution in [0.5, 0.6) is 0 Å². The van der Waals surface area contributed by atoms with E-state index in [1.807, 2.05) is 11.6 Å². The summed E-state index contributed by atoms with van der Waals surface area (Å²) in [4.78, 5) is 11.6. The molecular weight excluding hydrogens is 278 g/mol. The molecular formula is C13H21N3O3S. The fourth-order valence-electron chi connectivity index (χ4n) is 1.84. The van der Waals surface area contributed by atoms with Crippen molar-refractivity contribution in [2.75, 3.05) is 12.3 Å². The first kappa shape index (κ1) is 16.3. The average molecular weight is 299 g/mol. The number of rotatable bonds is 5. The third-order valence-electron chi connectivity index (χ3n) is 2.96. The van der Waals surface area contributed by atoms with Gasteiger partial charge in [0.25, 0.3) is 10.0 Å². The maximum atomic E-state index is 12.2. The number of nitrogens with one attached hydrogen (secondary N) is 2. The molecule has 0 aliphatic carbocycles. The Balaban J connectivity index is 2.95. The molecule has 0 fully saturated rings. The van der Waals surface area contributed by atoms with E-state index in [2.05, 4.69) is 5.32 Å². The Kier molecular flexibility index (Phi) is 5.38. The van der Waals surface area contributed by atoms with Crippen molar-refractivity contribution >= 4 is 21.7 Å². The molecule has 1 aromatic rings. The third-order valence-corrected chi connectivity index (χ3v) is 4.58. The van der Waals surface area contributed by atoms with Crippen LogP contribution in [-0.4, -0.2) is 21.0 Å². The molecule has 6 nitrogen and oxygen atoms in total. The number of sulfonamides is 1. The number of hydrogen-bond donors (Lipinski definition) is 3. The molecule has 1 rings (SSSR count). The molecule has 1 aromatic carbocycles. The van der Waals surface area contributed by atoms with Crippen LogP contribution in [0.25, 0.3) is 0 Å². The van der Waals surface area contributed by atoms with Crippen molar-refractivity contribution in [3.8, 4) is 0 Å². The minimum atomic E-state index is -3.92. The van der Waals surface area contributed by atoms with Crippen LogP contribution >= 0.6 is 0 Å². The predicted octanol–water partition coefficient (Wildman–Crippen LogP) is 1.67. The number of hydrogen-bond acceptors (Lipinski definition) is 4. The quantitative estimate of drug-likeness (QED) is 0.568. The summed E-state index contributed by atoms with van der Waals surface area (Å²) in [5, 5.41) is 2.50. The molecule has 0 spiro atoms. The second kappa shape index (κ2) is 6.60. The first-order valence-corrected chi connectivity index (χ1v) is 7.94. The van der Waals surface area contributed by atoms with Crippen LogP contribution < -0.4 is 15.8 Å². The standard InChI is InChI=1S/C13H21N3O3S/c1-4-5-8-15-13(17)16-20(18,19)12-9(2)6-7-11(14)10(12)3/h6-7H,4-5,8,14H2,1-3H3,(H2,15,16,17). The van der Waals surface area contributed by atoms with Gasteiger partial charge >= 0.3 is 6.03 Å².